The van der Waals surface area contributed by atoms with Gasteiger partial charge in [0.1, 0.15) is 29.5 Å². The molecule has 2 heterocycles. The number of ether oxygens (including phenoxy) is 2. The molecule has 0 radical (unpaired) electrons. The van der Waals surface area contributed by atoms with Crippen molar-refractivity contribution < 1.29 is 14.6 Å². The Labute approximate surface area is 196 Å². The van der Waals surface area contributed by atoms with Gasteiger partial charge in [-0.3, -0.25) is 4.90 Å². The zero-order chi connectivity index (χ0) is 22.8. The summed E-state index contributed by atoms with van der Waals surface area (Å²) in [4.78, 5) is 2.46. The van der Waals surface area contributed by atoms with Gasteiger partial charge in [-0.25, -0.2) is 0 Å². The zero-order valence-corrected chi connectivity index (χ0v) is 19.4. The summed E-state index contributed by atoms with van der Waals surface area (Å²) in [7, 11) is 0. The monoisotopic (exact) mass is 441 g/mol. The van der Waals surface area contributed by atoms with E-state index >= 15 is 0 Å². The van der Waals surface area contributed by atoms with Crippen molar-refractivity contribution in [1.82, 2.24) is 4.90 Å². The van der Waals surface area contributed by atoms with E-state index < -0.39 is 5.60 Å². The molecule has 0 aliphatic carbocycles. The Kier molecular flexibility index (Phi) is 5.86. The average Bonchev–Trinajstić information content (AvgIpc) is 3.32. The molecule has 0 saturated carbocycles. The molecule has 1 saturated heterocycles. The lowest BCUT2D eigenvalue weighted by molar-refractivity contribution is 0.168. The molecule has 5 rings (SSSR count). The van der Waals surface area contributed by atoms with Crippen LogP contribution in [0, 0.1) is 0 Å². The molecule has 0 atom stereocenters. The van der Waals surface area contributed by atoms with Gasteiger partial charge in [0.2, 0.25) is 0 Å². The summed E-state index contributed by atoms with van der Waals surface area (Å²) in [5.74, 6) is 1.78. The average molecular weight is 442 g/mol. The molecule has 0 bridgehead atoms. The van der Waals surface area contributed by atoms with Gasteiger partial charge in [-0.05, 0) is 75.2 Å². The molecule has 4 nitrogen and oxygen atoms in total. The van der Waals surface area contributed by atoms with E-state index in [1.165, 1.54) is 25.9 Å². The van der Waals surface area contributed by atoms with E-state index in [1.54, 1.807) is 12.1 Å². The second kappa shape index (κ2) is 8.95. The number of hydrogen-bond acceptors (Lipinski definition) is 4. The molecule has 170 valence electrons. The minimum atomic E-state index is -0.567. The quantitative estimate of drug-likeness (QED) is 0.510. The van der Waals surface area contributed by atoms with Crippen molar-refractivity contribution in [2.45, 2.75) is 32.3 Å². The van der Waals surface area contributed by atoms with Gasteiger partial charge in [0.05, 0.1) is 0 Å². The molecule has 0 amide bonds. The third-order valence-electron chi connectivity index (χ3n) is 6.53. The summed E-state index contributed by atoms with van der Waals surface area (Å²) >= 11 is 0. The van der Waals surface area contributed by atoms with Gasteiger partial charge in [-0.1, -0.05) is 42.5 Å². The van der Waals surface area contributed by atoms with Crippen LogP contribution in [0.3, 0.4) is 0 Å². The largest absolute Gasteiger partial charge is 0.508 e. The van der Waals surface area contributed by atoms with Gasteiger partial charge in [-0.15, -0.1) is 0 Å². The second-order valence-electron chi connectivity index (χ2n) is 9.33. The van der Waals surface area contributed by atoms with Gasteiger partial charge in [-0.2, -0.15) is 0 Å². The summed E-state index contributed by atoms with van der Waals surface area (Å²) < 4.78 is 12.4. The van der Waals surface area contributed by atoms with Crippen LogP contribution in [0.4, 0.5) is 0 Å². The second-order valence-corrected chi connectivity index (χ2v) is 9.33. The van der Waals surface area contributed by atoms with Gasteiger partial charge < -0.3 is 14.6 Å². The van der Waals surface area contributed by atoms with Crippen LogP contribution >= 0.6 is 0 Å². The van der Waals surface area contributed by atoms with Crippen molar-refractivity contribution in [1.29, 1.82) is 0 Å². The van der Waals surface area contributed by atoms with Crippen molar-refractivity contribution in [3.05, 3.63) is 89.5 Å². The van der Waals surface area contributed by atoms with E-state index in [0.29, 0.717) is 12.4 Å². The first-order valence-electron chi connectivity index (χ1n) is 11.8. The molecule has 0 unspecified atom stereocenters. The van der Waals surface area contributed by atoms with Crippen LogP contribution < -0.4 is 9.47 Å². The first-order valence-corrected chi connectivity index (χ1v) is 11.8. The lowest BCUT2D eigenvalue weighted by Crippen LogP contribution is -2.34. The molecule has 33 heavy (non-hydrogen) atoms. The number of phenolic OH excluding ortho intramolecular Hbond substituents is 1. The van der Waals surface area contributed by atoms with Crippen LogP contribution in [0.15, 0.2) is 72.8 Å². The lowest BCUT2D eigenvalue weighted by Gasteiger charge is -2.37. The predicted molar refractivity (Wildman–Crippen MR) is 133 cm³/mol. The van der Waals surface area contributed by atoms with Crippen molar-refractivity contribution in [3.8, 4) is 17.2 Å². The molecule has 3 aromatic rings. The minimum absolute atomic E-state index is 0.203. The molecule has 3 aromatic carbocycles. The first-order chi connectivity index (χ1) is 16.0. The van der Waals surface area contributed by atoms with Gasteiger partial charge in [0.15, 0.2) is 0 Å². The number of phenols is 1. The molecule has 0 spiro atoms. The van der Waals surface area contributed by atoms with E-state index in [4.69, 9.17) is 9.47 Å². The highest BCUT2D eigenvalue weighted by molar-refractivity contribution is 6.03. The van der Waals surface area contributed by atoms with Crippen LogP contribution in [0.1, 0.15) is 43.4 Å². The molecule has 1 fully saturated rings. The fourth-order valence-corrected chi connectivity index (χ4v) is 4.98. The van der Waals surface area contributed by atoms with Gasteiger partial charge >= 0.3 is 0 Å². The summed E-state index contributed by atoms with van der Waals surface area (Å²) in [6, 6.07) is 24.1. The third-order valence-corrected chi connectivity index (χ3v) is 6.53. The highest BCUT2D eigenvalue weighted by Crippen LogP contribution is 2.48. The smallest absolute Gasteiger partial charge is 0.132 e. The number of rotatable bonds is 6. The number of benzene rings is 3. The fourth-order valence-electron chi connectivity index (χ4n) is 4.98. The Balaban J connectivity index is 1.52. The number of hydrogen-bond donors (Lipinski definition) is 1. The summed E-state index contributed by atoms with van der Waals surface area (Å²) in [5, 5.41) is 10.1. The Morgan fingerprint density at radius 2 is 1.64 bits per heavy atom. The number of aromatic hydroxyl groups is 1. The summed E-state index contributed by atoms with van der Waals surface area (Å²) in [5.41, 5.74) is 4.89. The molecular formula is C29H31NO3. The van der Waals surface area contributed by atoms with Crippen LogP contribution in [0.25, 0.3) is 11.1 Å². The SMILES string of the molecule is CC1(C)Oc2cc(O)ccc2C(c2ccc(OCCN3CCCC3)cc2)=C1c1ccccc1. The van der Waals surface area contributed by atoms with Crippen LogP contribution in [0.2, 0.25) is 0 Å². The van der Waals surface area contributed by atoms with E-state index in [9.17, 15) is 5.11 Å². The number of likely N-dealkylation sites (tertiary alicyclic amines) is 1. The van der Waals surface area contributed by atoms with Crippen molar-refractivity contribution in [2.75, 3.05) is 26.2 Å². The van der Waals surface area contributed by atoms with Gasteiger partial charge in [0, 0.05) is 29.3 Å². The number of nitrogens with zero attached hydrogens (tertiary/aromatic N) is 1. The normalized spacial score (nSPS) is 17.5. The predicted octanol–water partition coefficient (Wildman–Crippen LogP) is 6.00. The molecule has 2 aliphatic rings. The highest BCUT2D eigenvalue weighted by atomic mass is 16.5. The van der Waals surface area contributed by atoms with E-state index in [0.717, 1.165) is 40.1 Å². The Morgan fingerprint density at radius 1 is 0.909 bits per heavy atom. The maximum Gasteiger partial charge on any atom is 0.132 e. The molecule has 2 aliphatic heterocycles. The standard InChI is InChI=1S/C29H31NO3/c1-29(2)28(22-8-4-3-5-9-22)27(25-15-12-23(31)20-26(25)33-29)21-10-13-24(14-11-21)32-19-18-30-16-6-7-17-30/h3-5,8-15,20,31H,6-7,16-19H2,1-2H3. The maximum atomic E-state index is 10.1. The maximum absolute atomic E-state index is 10.1. The van der Waals surface area contributed by atoms with E-state index in [-0.39, 0.29) is 5.75 Å². The topological polar surface area (TPSA) is 41.9 Å². The van der Waals surface area contributed by atoms with Crippen molar-refractivity contribution in [2.24, 2.45) is 0 Å². The zero-order valence-electron chi connectivity index (χ0n) is 19.4. The third kappa shape index (κ3) is 4.49. The van der Waals surface area contributed by atoms with E-state index in [2.05, 4.69) is 67.3 Å². The van der Waals surface area contributed by atoms with E-state index in [1.807, 2.05) is 12.1 Å². The minimum Gasteiger partial charge on any atom is -0.508 e. The van der Waals surface area contributed by atoms with Crippen LogP contribution in [0.5, 0.6) is 17.2 Å². The summed E-state index contributed by atoms with van der Waals surface area (Å²) in [6.45, 7) is 8.22. The summed E-state index contributed by atoms with van der Waals surface area (Å²) in [6.07, 6.45) is 2.60. The Hall–Kier alpha value is -3.24. The molecular weight excluding hydrogens is 410 g/mol. The van der Waals surface area contributed by atoms with Crippen LogP contribution in [-0.4, -0.2) is 41.8 Å². The van der Waals surface area contributed by atoms with Crippen molar-refractivity contribution >= 4 is 11.1 Å². The molecule has 0 aromatic heterocycles. The molecule has 4 heteroatoms. The number of fused-ring (bicyclic) bond motifs is 1. The highest BCUT2D eigenvalue weighted by Gasteiger charge is 2.36. The lowest BCUT2D eigenvalue weighted by atomic mass is 9.79. The Bertz CT molecular complexity index is 1140. The first kappa shape index (κ1) is 21.6. The van der Waals surface area contributed by atoms with Crippen molar-refractivity contribution in [3.63, 3.8) is 0 Å². The fraction of sp³-hybridized carbons (Fsp3) is 0.310. The molecule has 1 N–H and O–H groups in total. The van der Waals surface area contributed by atoms with Gasteiger partial charge in [0.25, 0.3) is 0 Å². The Morgan fingerprint density at radius 3 is 2.36 bits per heavy atom. The van der Waals surface area contributed by atoms with Crippen LogP contribution in [-0.2, 0) is 0 Å².